The Morgan fingerprint density at radius 2 is 1.89 bits per heavy atom. The zero-order chi connectivity index (χ0) is 19.6. The van der Waals surface area contributed by atoms with Crippen molar-refractivity contribution in [3.63, 3.8) is 0 Å². The van der Waals surface area contributed by atoms with Gasteiger partial charge in [-0.2, -0.15) is 14.8 Å². The second kappa shape index (κ2) is 8.14. The number of rotatable bonds is 5. The zero-order valence-electron chi connectivity index (χ0n) is 15.1. The molecule has 1 N–H and O–H groups in total. The Labute approximate surface area is 169 Å². The smallest absolute Gasteiger partial charge is 0.290 e. The standard InChI is InChI=1S/C18H18BrClN6O/c1-4-5-14-10(2)21-18(22-16(14)20)26-17(27)15(11(3)25-26)24-23-13-8-6-12(19)7-9-13/h6-9,25H,4-5H2,1-3H3. The summed E-state index contributed by atoms with van der Waals surface area (Å²) in [7, 11) is 0. The summed E-state index contributed by atoms with van der Waals surface area (Å²) in [5.41, 5.74) is 2.68. The summed E-state index contributed by atoms with van der Waals surface area (Å²) in [5, 5.41) is 11.5. The quantitative estimate of drug-likeness (QED) is 0.420. The molecule has 0 fully saturated rings. The highest BCUT2D eigenvalue weighted by molar-refractivity contribution is 9.10. The predicted octanol–water partition coefficient (Wildman–Crippen LogP) is 5.36. The van der Waals surface area contributed by atoms with Gasteiger partial charge >= 0.3 is 5.56 Å². The maximum Gasteiger partial charge on any atom is 0.301 e. The highest BCUT2D eigenvalue weighted by atomic mass is 79.9. The number of nitrogens with one attached hydrogen (secondary N) is 1. The molecule has 27 heavy (non-hydrogen) atoms. The van der Waals surface area contributed by atoms with Gasteiger partial charge in [0.05, 0.1) is 11.4 Å². The van der Waals surface area contributed by atoms with Crippen LogP contribution in [0.4, 0.5) is 11.4 Å². The fourth-order valence-electron chi connectivity index (χ4n) is 2.59. The van der Waals surface area contributed by atoms with Gasteiger partial charge in [0.15, 0.2) is 5.69 Å². The Bertz CT molecular complexity index is 1030. The average molecular weight is 450 g/mol. The number of aryl methyl sites for hydroxylation is 2. The first-order valence-electron chi connectivity index (χ1n) is 8.43. The summed E-state index contributed by atoms with van der Waals surface area (Å²) in [6.07, 6.45) is 1.72. The molecule has 2 heterocycles. The predicted molar refractivity (Wildman–Crippen MR) is 109 cm³/mol. The summed E-state index contributed by atoms with van der Waals surface area (Å²) in [6.45, 7) is 5.66. The molecule has 9 heteroatoms. The Balaban J connectivity index is 1.99. The molecular formula is C18H18BrClN6O. The molecule has 3 rings (SSSR count). The fraction of sp³-hybridized carbons (Fsp3) is 0.278. The zero-order valence-corrected chi connectivity index (χ0v) is 17.5. The lowest BCUT2D eigenvalue weighted by atomic mass is 10.1. The van der Waals surface area contributed by atoms with Crippen molar-refractivity contribution >= 4 is 38.9 Å². The molecule has 0 saturated heterocycles. The van der Waals surface area contributed by atoms with E-state index in [2.05, 4.69) is 48.1 Å². The number of aromatic nitrogens is 4. The number of hydrogen-bond acceptors (Lipinski definition) is 5. The summed E-state index contributed by atoms with van der Waals surface area (Å²) < 4.78 is 2.18. The fourth-order valence-corrected chi connectivity index (χ4v) is 3.16. The number of azo groups is 1. The molecular weight excluding hydrogens is 432 g/mol. The maximum atomic E-state index is 12.7. The molecule has 0 amide bonds. The van der Waals surface area contributed by atoms with E-state index in [9.17, 15) is 4.79 Å². The van der Waals surface area contributed by atoms with Crippen molar-refractivity contribution < 1.29 is 0 Å². The van der Waals surface area contributed by atoms with Crippen molar-refractivity contribution in [3.8, 4) is 5.95 Å². The third kappa shape index (κ3) is 4.17. The number of nitrogens with zero attached hydrogens (tertiary/aromatic N) is 5. The van der Waals surface area contributed by atoms with Crippen LogP contribution >= 0.6 is 27.5 Å². The Morgan fingerprint density at radius 1 is 1.19 bits per heavy atom. The van der Waals surface area contributed by atoms with Crippen molar-refractivity contribution in [3.05, 3.63) is 61.2 Å². The van der Waals surface area contributed by atoms with Crippen molar-refractivity contribution in [2.75, 3.05) is 0 Å². The average Bonchev–Trinajstić information content (AvgIpc) is 2.92. The molecule has 3 aromatic rings. The third-order valence-corrected chi connectivity index (χ3v) is 4.83. The van der Waals surface area contributed by atoms with Crippen LogP contribution in [-0.2, 0) is 6.42 Å². The number of halogens is 2. The Kier molecular flexibility index (Phi) is 5.86. The molecule has 0 atom stereocenters. The molecule has 0 bridgehead atoms. The topological polar surface area (TPSA) is 88.3 Å². The van der Waals surface area contributed by atoms with Crippen LogP contribution in [0.25, 0.3) is 5.95 Å². The van der Waals surface area contributed by atoms with E-state index < -0.39 is 0 Å². The summed E-state index contributed by atoms with van der Waals surface area (Å²) >= 11 is 9.66. The third-order valence-electron chi connectivity index (χ3n) is 3.98. The first-order valence-corrected chi connectivity index (χ1v) is 9.60. The highest BCUT2D eigenvalue weighted by Gasteiger charge is 2.17. The highest BCUT2D eigenvalue weighted by Crippen LogP contribution is 2.22. The van der Waals surface area contributed by atoms with E-state index in [0.29, 0.717) is 16.5 Å². The van der Waals surface area contributed by atoms with Crippen molar-refractivity contribution in [2.45, 2.75) is 33.6 Å². The van der Waals surface area contributed by atoms with Crippen LogP contribution in [0.15, 0.2) is 43.8 Å². The second-order valence-corrected chi connectivity index (χ2v) is 7.30. The molecule has 140 valence electrons. The van der Waals surface area contributed by atoms with Crippen LogP contribution in [-0.4, -0.2) is 19.7 Å². The maximum absolute atomic E-state index is 12.7. The van der Waals surface area contributed by atoms with Crippen LogP contribution in [0.3, 0.4) is 0 Å². The van der Waals surface area contributed by atoms with Crippen LogP contribution in [0.5, 0.6) is 0 Å². The van der Waals surface area contributed by atoms with Crippen molar-refractivity contribution in [2.24, 2.45) is 10.2 Å². The van der Waals surface area contributed by atoms with E-state index in [-0.39, 0.29) is 17.2 Å². The van der Waals surface area contributed by atoms with Crippen LogP contribution in [0, 0.1) is 13.8 Å². The SMILES string of the molecule is CCCc1c(C)nc(-n2[nH]c(C)c(N=Nc3ccc(Br)cc3)c2=O)nc1Cl. The molecule has 0 aliphatic heterocycles. The molecule has 2 aromatic heterocycles. The van der Waals surface area contributed by atoms with E-state index in [1.165, 1.54) is 4.68 Å². The van der Waals surface area contributed by atoms with Gasteiger partial charge in [-0.25, -0.2) is 4.98 Å². The largest absolute Gasteiger partial charge is 0.301 e. The number of aromatic amines is 1. The molecule has 0 aliphatic rings. The van der Waals surface area contributed by atoms with E-state index in [4.69, 9.17) is 11.6 Å². The van der Waals surface area contributed by atoms with Gasteiger partial charge in [-0.15, -0.1) is 5.11 Å². The summed E-state index contributed by atoms with van der Waals surface area (Å²) in [5.74, 6) is 0.190. The lowest BCUT2D eigenvalue weighted by Crippen LogP contribution is -2.18. The first-order chi connectivity index (χ1) is 12.9. The van der Waals surface area contributed by atoms with Gasteiger partial charge in [-0.1, -0.05) is 40.9 Å². The molecule has 0 spiro atoms. The van der Waals surface area contributed by atoms with Crippen molar-refractivity contribution in [1.82, 2.24) is 19.7 Å². The van der Waals surface area contributed by atoms with Gasteiger partial charge in [-0.3, -0.25) is 9.89 Å². The van der Waals surface area contributed by atoms with Crippen molar-refractivity contribution in [1.29, 1.82) is 0 Å². The minimum Gasteiger partial charge on any atom is -0.290 e. The van der Waals surface area contributed by atoms with E-state index in [1.54, 1.807) is 19.1 Å². The Morgan fingerprint density at radius 3 is 2.52 bits per heavy atom. The lowest BCUT2D eigenvalue weighted by Gasteiger charge is -2.08. The van der Waals surface area contributed by atoms with Gasteiger partial charge in [0.1, 0.15) is 5.15 Å². The minimum atomic E-state index is -0.382. The van der Waals surface area contributed by atoms with Crippen LogP contribution in [0.2, 0.25) is 5.15 Å². The molecule has 7 nitrogen and oxygen atoms in total. The number of hydrogen-bond donors (Lipinski definition) is 1. The molecule has 1 aromatic carbocycles. The van der Waals surface area contributed by atoms with E-state index in [1.807, 2.05) is 19.1 Å². The van der Waals surface area contributed by atoms with Gasteiger partial charge in [0.2, 0.25) is 0 Å². The summed E-state index contributed by atoms with van der Waals surface area (Å²) in [6, 6.07) is 7.31. The Hall–Kier alpha value is -2.32. The van der Waals surface area contributed by atoms with Gasteiger partial charge in [-0.05, 0) is 44.5 Å². The first kappa shape index (κ1) is 19.4. The lowest BCUT2D eigenvalue weighted by molar-refractivity contribution is 0.758. The van der Waals surface area contributed by atoms with E-state index >= 15 is 0 Å². The van der Waals surface area contributed by atoms with Crippen LogP contribution < -0.4 is 5.56 Å². The monoisotopic (exact) mass is 448 g/mol. The van der Waals surface area contributed by atoms with Gasteiger partial charge < -0.3 is 0 Å². The van der Waals surface area contributed by atoms with Gasteiger partial charge in [0.25, 0.3) is 5.95 Å². The number of benzene rings is 1. The second-order valence-electron chi connectivity index (χ2n) is 6.03. The van der Waals surface area contributed by atoms with Crippen LogP contribution in [0.1, 0.15) is 30.3 Å². The summed E-state index contributed by atoms with van der Waals surface area (Å²) in [4.78, 5) is 21.4. The van der Waals surface area contributed by atoms with E-state index in [0.717, 1.165) is 28.6 Å². The molecule has 0 radical (unpaired) electrons. The molecule has 0 unspecified atom stereocenters. The molecule has 0 aliphatic carbocycles. The number of H-pyrrole nitrogens is 1. The molecule has 0 saturated carbocycles. The van der Waals surface area contributed by atoms with Gasteiger partial charge in [0, 0.05) is 15.7 Å². The normalized spacial score (nSPS) is 11.4. The minimum absolute atomic E-state index is 0.190.